The normalized spacial score (nSPS) is 18.9. The number of fused-ring (bicyclic) bond motifs is 2. The molecule has 0 bridgehead atoms. The van der Waals surface area contributed by atoms with Gasteiger partial charge in [-0.3, -0.25) is 4.79 Å². The fourth-order valence-electron chi connectivity index (χ4n) is 3.94. The molecule has 4 heteroatoms. The summed E-state index contributed by atoms with van der Waals surface area (Å²) in [7, 11) is 0. The minimum absolute atomic E-state index is 0.163. The molecule has 128 valence electrons. The molecule has 1 atom stereocenters. The van der Waals surface area contributed by atoms with Crippen LogP contribution >= 0.6 is 11.6 Å². The van der Waals surface area contributed by atoms with E-state index in [4.69, 9.17) is 11.6 Å². The van der Waals surface area contributed by atoms with Gasteiger partial charge in [0.05, 0.1) is 16.1 Å². The van der Waals surface area contributed by atoms with Crippen LogP contribution in [0.4, 0.5) is 5.69 Å². The average molecular weight is 353 g/mol. The first kappa shape index (κ1) is 16.2. The molecule has 0 saturated carbocycles. The lowest BCUT2D eigenvalue weighted by atomic mass is 9.78. The maximum absolute atomic E-state index is 12.8. The first-order valence-electron chi connectivity index (χ1n) is 8.53. The number of carbonyl (C=O) groups excluding carboxylic acids is 1. The number of benzene rings is 2. The number of halogens is 1. The van der Waals surface area contributed by atoms with Gasteiger partial charge in [-0.05, 0) is 43.9 Å². The molecule has 2 N–H and O–H groups in total. The van der Waals surface area contributed by atoms with Crippen molar-refractivity contribution in [1.29, 1.82) is 0 Å². The number of aromatic amines is 1. The Hall–Kier alpha value is -2.26. The molecule has 0 unspecified atom stereocenters. The van der Waals surface area contributed by atoms with Crippen molar-refractivity contribution in [3.8, 4) is 11.1 Å². The maximum Gasteiger partial charge on any atom is 0.164 e. The summed E-state index contributed by atoms with van der Waals surface area (Å²) in [5.74, 6) is -0.0724. The molecule has 1 aliphatic rings. The number of hydrogen-bond acceptors (Lipinski definition) is 2. The Balaban J connectivity index is 2.01. The second-order valence-corrected chi connectivity index (χ2v) is 7.81. The Morgan fingerprint density at radius 2 is 1.92 bits per heavy atom. The molecule has 0 saturated heterocycles. The molecule has 0 spiro atoms. The number of nitrogens with one attached hydrogen (secondary N) is 2. The molecule has 0 fully saturated rings. The van der Waals surface area contributed by atoms with Crippen molar-refractivity contribution >= 4 is 34.0 Å². The van der Waals surface area contributed by atoms with Crippen molar-refractivity contribution in [2.75, 3.05) is 5.32 Å². The Morgan fingerprint density at radius 1 is 1.16 bits per heavy atom. The van der Waals surface area contributed by atoms with Gasteiger partial charge in [0.1, 0.15) is 0 Å². The average Bonchev–Trinajstić information content (AvgIpc) is 3.04. The van der Waals surface area contributed by atoms with Crippen LogP contribution in [0.15, 0.2) is 36.5 Å². The van der Waals surface area contributed by atoms with Crippen LogP contribution in [-0.4, -0.2) is 16.3 Å². The molecular formula is C21H21ClN2O. The van der Waals surface area contributed by atoms with Crippen molar-refractivity contribution in [3.05, 3.63) is 52.7 Å². The molecule has 2 aromatic carbocycles. The Bertz CT molecular complexity index is 1020. The first-order valence-corrected chi connectivity index (χ1v) is 8.91. The largest absolute Gasteiger partial charge is 0.373 e. The Morgan fingerprint density at radius 3 is 2.68 bits per heavy atom. The third-order valence-corrected chi connectivity index (χ3v) is 5.66. The molecule has 3 nitrogen and oxygen atoms in total. The van der Waals surface area contributed by atoms with Crippen LogP contribution in [0.25, 0.3) is 22.0 Å². The standard InChI is InChI=1S/C21H21ClN2O/c1-11-10-15(14-7-5-6-13-8-9-23-19(13)14)17(22)16-12(2)20(25)21(3,4)24-18(11)16/h5-10,12,23-24H,1-4H3/t12-/m1/s1. The maximum atomic E-state index is 12.8. The Kier molecular flexibility index (Phi) is 3.48. The Labute approximate surface area is 152 Å². The molecule has 25 heavy (non-hydrogen) atoms. The van der Waals surface area contributed by atoms with Crippen molar-refractivity contribution in [2.45, 2.75) is 39.2 Å². The fourth-order valence-corrected chi connectivity index (χ4v) is 4.36. The third-order valence-electron chi connectivity index (χ3n) is 5.25. The number of ketones is 1. The predicted octanol–water partition coefficient (Wildman–Crippen LogP) is 5.67. The second kappa shape index (κ2) is 5.37. The van der Waals surface area contributed by atoms with Crippen molar-refractivity contribution < 1.29 is 4.79 Å². The lowest BCUT2D eigenvalue weighted by Gasteiger charge is -2.38. The summed E-state index contributed by atoms with van der Waals surface area (Å²) in [6.07, 6.45) is 1.93. The molecule has 4 rings (SSSR count). The van der Waals surface area contributed by atoms with E-state index in [1.54, 1.807) is 0 Å². The summed E-state index contributed by atoms with van der Waals surface area (Å²) < 4.78 is 0. The highest BCUT2D eigenvalue weighted by Crippen LogP contribution is 2.46. The van der Waals surface area contributed by atoms with Crippen LogP contribution in [0, 0.1) is 6.92 Å². The summed E-state index contributed by atoms with van der Waals surface area (Å²) in [5, 5.41) is 5.20. The van der Waals surface area contributed by atoms with Crippen molar-refractivity contribution in [1.82, 2.24) is 4.98 Å². The highest BCUT2D eigenvalue weighted by molar-refractivity contribution is 6.35. The summed E-state index contributed by atoms with van der Waals surface area (Å²) in [6, 6.07) is 10.3. The summed E-state index contributed by atoms with van der Waals surface area (Å²) in [6.45, 7) is 7.87. The van der Waals surface area contributed by atoms with Crippen molar-refractivity contribution in [2.24, 2.45) is 0 Å². The molecule has 2 heterocycles. The lowest BCUT2D eigenvalue weighted by molar-refractivity contribution is -0.123. The zero-order valence-electron chi connectivity index (χ0n) is 14.8. The van der Waals surface area contributed by atoms with Gasteiger partial charge in [-0.2, -0.15) is 0 Å². The molecule has 0 aliphatic carbocycles. The number of hydrogen-bond donors (Lipinski definition) is 2. The van der Waals surface area contributed by atoms with E-state index >= 15 is 0 Å². The van der Waals surface area contributed by atoms with E-state index in [-0.39, 0.29) is 11.7 Å². The number of rotatable bonds is 1. The van der Waals surface area contributed by atoms with E-state index in [0.717, 1.165) is 38.8 Å². The number of anilines is 1. The van der Waals surface area contributed by atoms with Crippen LogP contribution in [0.3, 0.4) is 0 Å². The van der Waals surface area contributed by atoms with Crippen molar-refractivity contribution in [3.63, 3.8) is 0 Å². The minimum Gasteiger partial charge on any atom is -0.373 e. The third kappa shape index (κ3) is 2.30. The monoisotopic (exact) mass is 352 g/mol. The predicted molar refractivity (Wildman–Crippen MR) is 105 cm³/mol. The fraction of sp³-hybridized carbons (Fsp3) is 0.286. The molecule has 1 aromatic heterocycles. The van der Waals surface area contributed by atoms with Crippen LogP contribution in [0.5, 0.6) is 0 Å². The quantitative estimate of drug-likeness (QED) is 0.592. The van der Waals surface area contributed by atoms with Crippen LogP contribution < -0.4 is 5.32 Å². The van der Waals surface area contributed by atoms with Gasteiger partial charge in [-0.15, -0.1) is 0 Å². The van der Waals surface area contributed by atoms with E-state index in [9.17, 15) is 4.79 Å². The second-order valence-electron chi connectivity index (χ2n) is 7.43. The van der Waals surface area contributed by atoms with Crippen LogP contribution in [-0.2, 0) is 4.79 Å². The van der Waals surface area contributed by atoms with Gasteiger partial charge in [0, 0.05) is 34.5 Å². The van der Waals surface area contributed by atoms with E-state index in [2.05, 4.69) is 35.4 Å². The van der Waals surface area contributed by atoms with Gasteiger partial charge in [0.15, 0.2) is 5.78 Å². The number of H-pyrrole nitrogens is 1. The first-order chi connectivity index (χ1) is 11.8. The molecule has 0 amide bonds. The zero-order chi connectivity index (χ0) is 17.9. The van der Waals surface area contributed by atoms with Gasteiger partial charge in [0.2, 0.25) is 0 Å². The summed E-state index contributed by atoms with van der Waals surface area (Å²) in [5.41, 5.74) is 5.50. The smallest absolute Gasteiger partial charge is 0.164 e. The highest BCUT2D eigenvalue weighted by Gasteiger charge is 2.40. The van der Waals surface area contributed by atoms with E-state index in [1.165, 1.54) is 0 Å². The zero-order valence-corrected chi connectivity index (χ0v) is 15.6. The van der Waals surface area contributed by atoms with Crippen LogP contribution in [0.2, 0.25) is 5.02 Å². The highest BCUT2D eigenvalue weighted by atomic mass is 35.5. The minimum atomic E-state index is -0.582. The number of aryl methyl sites for hydroxylation is 1. The van der Waals surface area contributed by atoms with Gasteiger partial charge in [0.25, 0.3) is 0 Å². The van der Waals surface area contributed by atoms with E-state index < -0.39 is 5.54 Å². The molecule has 1 aliphatic heterocycles. The number of carbonyl (C=O) groups is 1. The topological polar surface area (TPSA) is 44.9 Å². The van der Waals surface area contributed by atoms with Crippen LogP contribution in [0.1, 0.15) is 37.8 Å². The number of Topliss-reactive ketones (excluding diaryl/α,β-unsaturated/α-hetero) is 1. The molecular weight excluding hydrogens is 332 g/mol. The van der Waals surface area contributed by atoms with E-state index in [0.29, 0.717) is 5.02 Å². The molecule has 3 aromatic rings. The van der Waals surface area contributed by atoms with Gasteiger partial charge in [-0.1, -0.05) is 36.7 Å². The number of aromatic nitrogens is 1. The molecule has 0 radical (unpaired) electrons. The SMILES string of the molecule is Cc1cc(-c2cccc3cc[nH]c23)c(Cl)c2c1NC(C)(C)C(=O)[C@@H]2C. The van der Waals surface area contributed by atoms with Gasteiger partial charge in [-0.25, -0.2) is 0 Å². The van der Waals surface area contributed by atoms with E-state index in [1.807, 2.05) is 39.1 Å². The van der Waals surface area contributed by atoms with Gasteiger partial charge < -0.3 is 10.3 Å². The number of para-hydroxylation sites is 1. The lowest BCUT2D eigenvalue weighted by Crippen LogP contribution is -2.46. The summed E-state index contributed by atoms with van der Waals surface area (Å²) in [4.78, 5) is 16.1. The summed E-state index contributed by atoms with van der Waals surface area (Å²) >= 11 is 6.85. The van der Waals surface area contributed by atoms with Gasteiger partial charge >= 0.3 is 0 Å².